The van der Waals surface area contributed by atoms with Crippen molar-refractivity contribution in [3.63, 3.8) is 0 Å². The molecule has 1 aromatic carbocycles. The fourth-order valence-electron chi connectivity index (χ4n) is 1.81. The first-order valence-electron chi connectivity index (χ1n) is 5.09. The van der Waals surface area contributed by atoms with E-state index in [0.717, 1.165) is 6.42 Å². The number of hydrogen-bond acceptors (Lipinski definition) is 2. The Morgan fingerprint density at radius 1 is 1.40 bits per heavy atom. The first kappa shape index (κ1) is 10.2. The second-order valence-electron chi connectivity index (χ2n) is 3.78. The third kappa shape index (κ3) is 1.75. The molecule has 2 N–H and O–H groups in total. The Kier molecular flexibility index (Phi) is 2.73. The molecule has 1 unspecified atom stereocenters. The van der Waals surface area contributed by atoms with Gasteiger partial charge >= 0.3 is 0 Å². The monoisotopic (exact) mass is 207 g/mol. The van der Waals surface area contributed by atoms with Gasteiger partial charge in [-0.25, -0.2) is 4.39 Å². The fourth-order valence-corrected chi connectivity index (χ4v) is 1.81. The van der Waals surface area contributed by atoms with Crippen LogP contribution in [-0.2, 0) is 0 Å². The standard InChI is InChI=1S/C12H14FNO/c1-8(4-6-14)9-2-3-11-10(12(9)13)5-7-15-11/h2-3,5,7-8H,4,6,14H2,1H3. The number of nitrogens with two attached hydrogens (primary N) is 1. The van der Waals surface area contributed by atoms with Crippen molar-refractivity contribution in [2.24, 2.45) is 5.73 Å². The molecule has 15 heavy (non-hydrogen) atoms. The van der Waals surface area contributed by atoms with Gasteiger partial charge in [0.1, 0.15) is 11.4 Å². The average molecular weight is 207 g/mol. The zero-order valence-corrected chi connectivity index (χ0v) is 8.66. The summed E-state index contributed by atoms with van der Waals surface area (Å²) in [5.41, 5.74) is 6.78. The van der Waals surface area contributed by atoms with Gasteiger partial charge in [-0.05, 0) is 36.6 Å². The van der Waals surface area contributed by atoms with E-state index in [9.17, 15) is 4.39 Å². The molecule has 1 atom stereocenters. The topological polar surface area (TPSA) is 39.2 Å². The van der Waals surface area contributed by atoms with Crippen LogP contribution in [0.4, 0.5) is 4.39 Å². The molecule has 0 saturated heterocycles. The molecule has 0 aliphatic carbocycles. The van der Waals surface area contributed by atoms with Crippen molar-refractivity contribution < 1.29 is 8.81 Å². The van der Waals surface area contributed by atoms with Gasteiger partial charge in [-0.1, -0.05) is 13.0 Å². The molecule has 3 heteroatoms. The molecule has 0 spiro atoms. The van der Waals surface area contributed by atoms with Crippen LogP contribution < -0.4 is 5.73 Å². The Hall–Kier alpha value is -1.35. The lowest BCUT2D eigenvalue weighted by molar-refractivity contribution is 0.581. The lowest BCUT2D eigenvalue weighted by Gasteiger charge is -2.11. The molecular formula is C12H14FNO. The van der Waals surface area contributed by atoms with E-state index in [2.05, 4.69) is 0 Å². The molecule has 2 aromatic rings. The number of benzene rings is 1. The van der Waals surface area contributed by atoms with Gasteiger partial charge in [0.2, 0.25) is 0 Å². The highest BCUT2D eigenvalue weighted by molar-refractivity contribution is 5.78. The maximum absolute atomic E-state index is 14.0. The molecule has 0 saturated carbocycles. The molecule has 1 heterocycles. The Morgan fingerprint density at radius 3 is 2.93 bits per heavy atom. The third-order valence-electron chi connectivity index (χ3n) is 2.73. The normalized spacial score (nSPS) is 13.3. The SMILES string of the molecule is CC(CCN)c1ccc2occc2c1F. The maximum atomic E-state index is 14.0. The molecule has 80 valence electrons. The minimum atomic E-state index is -0.179. The van der Waals surface area contributed by atoms with Crippen LogP contribution in [0, 0.1) is 5.82 Å². The number of fused-ring (bicyclic) bond motifs is 1. The lowest BCUT2D eigenvalue weighted by Crippen LogP contribution is -2.06. The minimum absolute atomic E-state index is 0.147. The molecule has 0 fully saturated rings. The predicted molar refractivity (Wildman–Crippen MR) is 58.3 cm³/mol. The molecule has 0 aliphatic rings. The van der Waals surface area contributed by atoms with Gasteiger partial charge in [0.15, 0.2) is 0 Å². The lowest BCUT2D eigenvalue weighted by atomic mass is 9.96. The molecule has 0 amide bonds. The summed E-state index contributed by atoms with van der Waals surface area (Å²) < 4.78 is 19.1. The predicted octanol–water partition coefficient (Wildman–Crippen LogP) is 3.02. The zero-order valence-electron chi connectivity index (χ0n) is 8.66. The average Bonchev–Trinajstić information content (AvgIpc) is 2.67. The van der Waals surface area contributed by atoms with E-state index in [1.165, 1.54) is 6.26 Å². The first-order chi connectivity index (χ1) is 7.24. The number of furan rings is 1. The molecule has 2 nitrogen and oxygen atoms in total. The second kappa shape index (κ2) is 4.03. The molecular weight excluding hydrogens is 193 g/mol. The highest BCUT2D eigenvalue weighted by Gasteiger charge is 2.14. The second-order valence-corrected chi connectivity index (χ2v) is 3.78. The highest BCUT2D eigenvalue weighted by atomic mass is 19.1. The Balaban J connectivity index is 2.47. The van der Waals surface area contributed by atoms with Crippen molar-refractivity contribution in [3.8, 4) is 0 Å². The van der Waals surface area contributed by atoms with Gasteiger partial charge < -0.3 is 10.2 Å². The highest BCUT2D eigenvalue weighted by Crippen LogP contribution is 2.28. The summed E-state index contributed by atoms with van der Waals surface area (Å²) in [6.45, 7) is 2.56. The quantitative estimate of drug-likeness (QED) is 0.840. The van der Waals surface area contributed by atoms with Gasteiger partial charge in [-0.15, -0.1) is 0 Å². The fraction of sp³-hybridized carbons (Fsp3) is 0.333. The van der Waals surface area contributed by atoms with E-state index in [1.54, 1.807) is 18.2 Å². The number of rotatable bonds is 3. The number of halogens is 1. The van der Waals surface area contributed by atoms with Crippen LogP contribution in [0.15, 0.2) is 28.9 Å². The Morgan fingerprint density at radius 2 is 2.20 bits per heavy atom. The summed E-state index contributed by atoms with van der Waals surface area (Å²) in [6.07, 6.45) is 2.30. The summed E-state index contributed by atoms with van der Waals surface area (Å²) in [7, 11) is 0. The van der Waals surface area contributed by atoms with Crippen LogP contribution >= 0.6 is 0 Å². The molecule has 0 radical (unpaired) electrons. The van der Waals surface area contributed by atoms with Crippen LogP contribution in [0.1, 0.15) is 24.8 Å². The minimum Gasteiger partial charge on any atom is -0.464 e. The Bertz CT molecular complexity index is 464. The van der Waals surface area contributed by atoms with Crippen molar-refractivity contribution in [1.29, 1.82) is 0 Å². The van der Waals surface area contributed by atoms with Gasteiger partial charge in [0, 0.05) is 0 Å². The van der Waals surface area contributed by atoms with Gasteiger partial charge in [-0.2, -0.15) is 0 Å². The summed E-state index contributed by atoms with van der Waals surface area (Å²) in [4.78, 5) is 0. The third-order valence-corrected chi connectivity index (χ3v) is 2.73. The summed E-state index contributed by atoms with van der Waals surface area (Å²) in [5.74, 6) is -0.0310. The first-order valence-corrected chi connectivity index (χ1v) is 5.09. The van der Waals surface area contributed by atoms with E-state index < -0.39 is 0 Å². The van der Waals surface area contributed by atoms with E-state index in [4.69, 9.17) is 10.2 Å². The van der Waals surface area contributed by atoms with Crippen molar-refractivity contribution in [2.75, 3.05) is 6.54 Å². The van der Waals surface area contributed by atoms with E-state index in [-0.39, 0.29) is 11.7 Å². The van der Waals surface area contributed by atoms with Crippen LogP contribution in [-0.4, -0.2) is 6.54 Å². The smallest absolute Gasteiger partial charge is 0.137 e. The van der Waals surface area contributed by atoms with E-state index in [1.807, 2.05) is 6.92 Å². The largest absolute Gasteiger partial charge is 0.464 e. The van der Waals surface area contributed by atoms with Gasteiger partial charge in [-0.3, -0.25) is 0 Å². The van der Waals surface area contributed by atoms with Crippen LogP contribution in [0.2, 0.25) is 0 Å². The van der Waals surface area contributed by atoms with Crippen molar-refractivity contribution in [1.82, 2.24) is 0 Å². The Labute approximate surface area is 87.9 Å². The van der Waals surface area contributed by atoms with Crippen LogP contribution in [0.5, 0.6) is 0 Å². The zero-order chi connectivity index (χ0) is 10.8. The summed E-state index contributed by atoms with van der Waals surface area (Å²) in [6, 6.07) is 5.24. The van der Waals surface area contributed by atoms with Crippen molar-refractivity contribution in [2.45, 2.75) is 19.3 Å². The van der Waals surface area contributed by atoms with Gasteiger partial charge in [0.05, 0.1) is 11.6 Å². The molecule has 2 rings (SSSR count). The van der Waals surface area contributed by atoms with Crippen LogP contribution in [0.3, 0.4) is 0 Å². The summed E-state index contributed by atoms with van der Waals surface area (Å²) >= 11 is 0. The maximum Gasteiger partial charge on any atom is 0.137 e. The van der Waals surface area contributed by atoms with Gasteiger partial charge in [0.25, 0.3) is 0 Å². The molecule has 1 aromatic heterocycles. The van der Waals surface area contributed by atoms with Crippen LogP contribution in [0.25, 0.3) is 11.0 Å². The van der Waals surface area contributed by atoms with Crippen molar-refractivity contribution in [3.05, 3.63) is 35.8 Å². The van der Waals surface area contributed by atoms with Crippen molar-refractivity contribution >= 4 is 11.0 Å². The van der Waals surface area contributed by atoms with E-state index >= 15 is 0 Å². The molecule has 0 aliphatic heterocycles. The summed E-state index contributed by atoms with van der Waals surface area (Å²) in [5, 5.41) is 0.552. The number of hydrogen-bond donors (Lipinski definition) is 1. The van der Waals surface area contributed by atoms with E-state index in [0.29, 0.717) is 23.1 Å². The molecule has 0 bridgehead atoms.